The summed E-state index contributed by atoms with van der Waals surface area (Å²) in [6.45, 7) is 0.134. The molecule has 1 amide bonds. The number of aliphatic hydroxyl groups excluding tert-OH is 2. The van der Waals surface area contributed by atoms with Crippen LogP contribution in [0, 0.1) is 0 Å². The van der Waals surface area contributed by atoms with E-state index in [9.17, 15) is 15.0 Å². The maximum atomic E-state index is 12.4. The fraction of sp³-hybridized carbons (Fsp3) is 0.625. The first-order chi connectivity index (χ1) is 13.5. The number of nitrogens with zero attached hydrogens (tertiary/aromatic N) is 4. The van der Waals surface area contributed by atoms with Gasteiger partial charge < -0.3 is 37.5 Å². The molecule has 1 fully saturated rings. The summed E-state index contributed by atoms with van der Waals surface area (Å²) in [5.74, 6) is -0.228. The molecular weight excluding hydrogens is 368 g/mol. The van der Waals surface area contributed by atoms with Crippen molar-refractivity contribution in [1.29, 1.82) is 0 Å². The summed E-state index contributed by atoms with van der Waals surface area (Å²) in [6.07, 6.45) is 1.76. The molecule has 9 N–H and O–H groups in total. The summed E-state index contributed by atoms with van der Waals surface area (Å²) < 4.78 is 7.25. The van der Waals surface area contributed by atoms with Crippen LogP contribution in [0.2, 0.25) is 0 Å². The Labute approximate surface area is 161 Å². The summed E-state index contributed by atoms with van der Waals surface area (Å²) in [5.41, 5.74) is 17.9. The van der Waals surface area contributed by atoms with Crippen molar-refractivity contribution in [2.75, 3.05) is 18.9 Å². The fourth-order valence-electron chi connectivity index (χ4n) is 3.27. The first-order valence-corrected chi connectivity index (χ1v) is 9.11. The number of anilines is 1. The molecule has 2 aromatic heterocycles. The van der Waals surface area contributed by atoms with Crippen molar-refractivity contribution in [2.24, 2.45) is 11.5 Å². The number of nitrogen functional groups attached to an aromatic ring is 1. The lowest BCUT2D eigenvalue weighted by Gasteiger charge is -2.22. The van der Waals surface area contributed by atoms with Crippen LogP contribution in [0.25, 0.3) is 11.2 Å². The second kappa shape index (κ2) is 8.75. The lowest BCUT2D eigenvalue weighted by molar-refractivity contribution is -0.124. The molecule has 0 saturated carbocycles. The number of ether oxygens (including phenoxy) is 1. The number of amides is 1. The van der Waals surface area contributed by atoms with Crippen molar-refractivity contribution in [1.82, 2.24) is 24.8 Å². The smallest absolute Gasteiger partial charge is 0.237 e. The van der Waals surface area contributed by atoms with E-state index in [0.29, 0.717) is 24.1 Å². The predicted molar refractivity (Wildman–Crippen MR) is 99.5 cm³/mol. The lowest BCUT2D eigenvalue weighted by Crippen LogP contribution is -2.53. The van der Waals surface area contributed by atoms with Crippen molar-refractivity contribution in [2.45, 2.75) is 49.8 Å². The van der Waals surface area contributed by atoms with Crippen LogP contribution in [0.4, 0.5) is 5.82 Å². The molecule has 0 aromatic carbocycles. The summed E-state index contributed by atoms with van der Waals surface area (Å²) >= 11 is 0. The van der Waals surface area contributed by atoms with Gasteiger partial charge in [-0.15, -0.1) is 0 Å². The third-order valence-electron chi connectivity index (χ3n) is 4.83. The highest BCUT2D eigenvalue weighted by Crippen LogP contribution is 2.31. The number of fused-ring (bicyclic) bond motifs is 1. The van der Waals surface area contributed by atoms with Gasteiger partial charge in [-0.25, -0.2) is 15.0 Å². The molecule has 1 aliphatic heterocycles. The second-order valence-corrected chi connectivity index (χ2v) is 6.75. The summed E-state index contributed by atoms with van der Waals surface area (Å²) in [5, 5.41) is 23.1. The Bertz CT molecular complexity index is 815. The summed E-state index contributed by atoms with van der Waals surface area (Å²) in [4.78, 5) is 24.5. The average molecular weight is 394 g/mol. The molecule has 3 heterocycles. The van der Waals surface area contributed by atoms with Crippen molar-refractivity contribution in [3.63, 3.8) is 0 Å². The quantitative estimate of drug-likeness (QED) is 0.262. The zero-order valence-electron chi connectivity index (χ0n) is 15.3. The van der Waals surface area contributed by atoms with E-state index in [1.807, 2.05) is 0 Å². The molecule has 154 valence electrons. The predicted octanol–water partition coefficient (Wildman–Crippen LogP) is -2.40. The molecule has 12 heteroatoms. The normalized spacial score (nSPS) is 25.9. The largest absolute Gasteiger partial charge is 0.394 e. The van der Waals surface area contributed by atoms with Crippen LogP contribution in [0.15, 0.2) is 12.7 Å². The Morgan fingerprint density at radius 1 is 1.36 bits per heavy atom. The van der Waals surface area contributed by atoms with Gasteiger partial charge in [0.05, 0.1) is 25.0 Å². The van der Waals surface area contributed by atoms with Gasteiger partial charge in [0.2, 0.25) is 5.91 Å². The minimum atomic E-state index is -1.16. The third-order valence-corrected chi connectivity index (χ3v) is 4.83. The van der Waals surface area contributed by atoms with Crippen LogP contribution in [0.5, 0.6) is 0 Å². The number of hydrogen-bond acceptors (Lipinski definition) is 10. The zero-order chi connectivity index (χ0) is 20.3. The highest BCUT2D eigenvalue weighted by Gasteiger charge is 2.46. The van der Waals surface area contributed by atoms with Crippen LogP contribution in [-0.4, -0.2) is 73.1 Å². The van der Waals surface area contributed by atoms with E-state index in [1.54, 1.807) is 0 Å². The van der Waals surface area contributed by atoms with Crippen molar-refractivity contribution < 1.29 is 19.7 Å². The van der Waals surface area contributed by atoms with Gasteiger partial charge in [-0.2, -0.15) is 0 Å². The molecule has 1 aliphatic rings. The van der Waals surface area contributed by atoms with Crippen molar-refractivity contribution in [3.05, 3.63) is 12.7 Å². The Kier molecular flexibility index (Phi) is 6.36. The second-order valence-electron chi connectivity index (χ2n) is 6.75. The van der Waals surface area contributed by atoms with Crippen LogP contribution in [0.3, 0.4) is 0 Å². The Balaban J connectivity index is 1.75. The molecular formula is C16H26N8O4. The van der Waals surface area contributed by atoms with Crippen LogP contribution < -0.4 is 22.5 Å². The number of imidazole rings is 1. The van der Waals surface area contributed by atoms with E-state index in [4.69, 9.17) is 21.9 Å². The third kappa shape index (κ3) is 3.91. The van der Waals surface area contributed by atoms with Crippen LogP contribution in [0.1, 0.15) is 25.5 Å². The molecule has 2 aromatic rings. The van der Waals surface area contributed by atoms with E-state index in [-0.39, 0.29) is 5.82 Å². The maximum absolute atomic E-state index is 12.4. The summed E-state index contributed by atoms with van der Waals surface area (Å²) in [7, 11) is 0. The van der Waals surface area contributed by atoms with Gasteiger partial charge in [0, 0.05) is 0 Å². The minimum Gasteiger partial charge on any atom is -0.394 e. The number of rotatable bonds is 8. The maximum Gasteiger partial charge on any atom is 0.237 e. The van der Waals surface area contributed by atoms with E-state index >= 15 is 0 Å². The molecule has 28 heavy (non-hydrogen) atoms. The molecule has 12 nitrogen and oxygen atoms in total. The minimum absolute atomic E-state index is 0.197. The number of carbonyl (C=O) groups is 1. The highest BCUT2D eigenvalue weighted by atomic mass is 16.5. The van der Waals surface area contributed by atoms with E-state index in [2.05, 4.69) is 20.3 Å². The van der Waals surface area contributed by atoms with Gasteiger partial charge in [-0.1, -0.05) is 6.42 Å². The first kappa shape index (κ1) is 20.4. The van der Waals surface area contributed by atoms with Gasteiger partial charge in [0.15, 0.2) is 17.7 Å². The zero-order valence-corrected chi connectivity index (χ0v) is 15.3. The number of carbonyl (C=O) groups excluding carboxylic acids is 1. The van der Waals surface area contributed by atoms with Gasteiger partial charge in [0.25, 0.3) is 0 Å². The molecule has 3 rings (SSSR count). The fourth-order valence-corrected chi connectivity index (χ4v) is 3.27. The monoisotopic (exact) mass is 394 g/mol. The molecule has 1 saturated heterocycles. The van der Waals surface area contributed by atoms with Gasteiger partial charge >= 0.3 is 0 Å². The molecule has 0 aliphatic carbocycles. The molecule has 0 spiro atoms. The van der Waals surface area contributed by atoms with E-state index < -0.39 is 43.0 Å². The molecule has 0 unspecified atom stereocenters. The molecule has 0 bridgehead atoms. The number of aromatic nitrogens is 4. The topological polar surface area (TPSA) is 200 Å². The number of unbranched alkanes of at least 4 members (excludes halogenated alkanes) is 1. The molecule has 0 radical (unpaired) electrons. The number of aliphatic hydroxyl groups is 2. The Hall–Kier alpha value is -2.38. The molecule has 5 atom stereocenters. The number of hydrogen-bond donors (Lipinski definition) is 6. The van der Waals surface area contributed by atoms with E-state index in [0.717, 1.165) is 12.8 Å². The lowest BCUT2D eigenvalue weighted by atomic mass is 10.0. The SMILES string of the molecule is NCCCC[C@@H](N)C(=O)N[C@H]1[C@H](O)[C@@H](n2cnc3c(N)ncnc32)O[C@H]1CO. The van der Waals surface area contributed by atoms with Crippen LogP contribution >= 0.6 is 0 Å². The first-order valence-electron chi connectivity index (χ1n) is 9.11. The Morgan fingerprint density at radius 2 is 2.14 bits per heavy atom. The van der Waals surface area contributed by atoms with Gasteiger partial charge in [-0.05, 0) is 19.4 Å². The van der Waals surface area contributed by atoms with Gasteiger partial charge in [0.1, 0.15) is 24.1 Å². The summed E-state index contributed by atoms with van der Waals surface area (Å²) in [6, 6.07) is -1.58. The van der Waals surface area contributed by atoms with Gasteiger partial charge in [-0.3, -0.25) is 9.36 Å². The highest BCUT2D eigenvalue weighted by molar-refractivity contribution is 5.82. The van der Waals surface area contributed by atoms with Crippen molar-refractivity contribution in [3.8, 4) is 0 Å². The average Bonchev–Trinajstić information content (AvgIpc) is 3.24. The van der Waals surface area contributed by atoms with Crippen LogP contribution in [-0.2, 0) is 9.53 Å². The number of nitrogens with one attached hydrogen (secondary N) is 1. The standard InChI is InChI=1S/C16H26N8O4/c17-4-2-1-3-8(18)15(27)23-10-9(5-25)28-16(12(10)26)24-7-22-11-13(19)20-6-21-14(11)24/h6-10,12,16,25-26H,1-5,17-18H2,(H,23,27)(H2,19,20,21)/t8-,9+,10-,12+,16+/m1/s1. The van der Waals surface area contributed by atoms with Crippen molar-refractivity contribution >= 4 is 22.9 Å². The Morgan fingerprint density at radius 3 is 2.86 bits per heavy atom. The van der Waals surface area contributed by atoms with E-state index in [1.165, 1.54) is 17.2 Å². The number of nitrogens with two attached hydrogens (primary N) is 3.